The smallest absolute Gasteiger partial charge is 0.349 e. The third-order valence-corrected chi connectivity index (χ3v) is 2.25. The predicted octanol–water partition coefficient (Wildman–Crippen LogP) is 1.87. The molecule has 0 amide bonds. The first-order valence-corrected chi connectivity index (χ1v) is 5.20. The standard InChI is InChI=1S/C9H8ClN5O3/c1-5-3-7(14(2)13-5)18-8-6(15(16)17)4-11-9(10)12-8/h3-4H,1-2H3. The van der Waals surface area contributed by atoms with Gasteiger partial charge in [-0.2, -0.15) is 10.1 Å². The van der Waals surface area contributed by atoms with Gasteiger partial charge in [0.2, 0.25) is 11.2 Å². The lowest BCUT2D eigenvalue weighted by molar-refractivity contribution is -0.386. The predicted molar refractivity (Wildman–Crippen MR) is 61.7 cm³/mol. The van der Waals surface area contributed by atoms with E-state index in [2.05, 4.69) is 15.1 Å². The van der Waals surface area contributed by atoms with Gasteiger partial charge in [0.05, 0.1) is 10.6 Å². The van der Waals surface area contributed by atoms with Crippen molar-refractivity contribution in [2.24, 2.45) is 7.05 Å². The molecule has 2 aromatic heterocycles. The van der Waals surface area contributed by atoms with Gasteiger partial charge in [0.25, 0.3) is 0 Å². The van der Waals surface area contributed by atoms with Gasteiger partial charge in [-0.3, -0.25) is 10.1 Å². The van der Waals surface area contributed by atoms with Crippen LogP contribution in [0.1, 0.15) is 5.69 Å². The minimum absolute atomic E-state index is 0.130. The number of hydrogen-bond acceptors (Lipinski definition) is 6. The molecule has 0 aliphatic rings. The summed E-state index contributed by atoms with van der Waals surface area (Å²) in [5.74, 6) is 0.105. The van der Waals surface area contributed by atoms with Gasteiger partial charge in [0.15, 0.2) is 0 Å². The Bertz CT molecular complexity index is 612. The van der Waals surface area contributed by atoms with E-state index in [1.807, 2.05) is 0 Å². The monoisotopic (exact) mass is 269 g/mol. The highest BCUT2D eigenvalue weighted by Gasteiger charge is 2.20. The largest absolute Gasteiger partial charge is 0.415 e. The molecule has 94 valence electrons. The molecule has 0 aromatic carbocycles. The van der Waals surface area contributed by atoms with Crippen LogP contribution in [-0.4, -0.2) is 24.7 Å². The van der Waals surface area contributed by atoms with Crippen LogP contribution in [0.2, 0.25) is 5.28 Å². The second-order valence-corrected chi connectivity index (χ2v) is 3.77. The highest BCUT2D eigenvalue weighted by Crippen LogP contribution is 2.29. The lowest BCUT2D eigenvalue weighted by Gasteiger charge is -2.04. The van der Waals surface area contributed by atoms with Crippen molar-refractivity contribution in [3.63, 3.8) is 0 Å². The molecule has 0 spiro atoms. The van der Waals surface area contributed by atoms with Crippen LogP contribution in [0.3, 0.4) is 0 Å². The molecule has 0 fully saturated rings. The van der Waals surface area contributed by atoms with Gasteiger partial charge in [0, 0.05) is 13.1 Å². The maximum Gasteiger partial charge on any atom is 0.349 e. The number of nitro groups is 1. The lowest BCUT2D eigenvalue weighted by Crippen LogP contribution is -2.01. The number of rotatable bonds is 3. The van der Waals surface area contributed by atoms with Crippen molar-refractivity contribution in [2.75, 3.05) is 0 Å². The third kappa shape index (κ3) is 2.38. The normalized spacial score (nSPS) is 10.4. The average molecular weight is 270 g/mol. The Morgan fingerprint density at radius 3 is 2.83 bits per heavy atom. The fourth-order valence-corrected chi connectivity index (χ4v) is 1.45. The molecule has 2 rings (SSSR count). The summed E-state index contributed by atoms with van der Waals surface area (Å²) in [5, 5.41) is 14.7. The zero-order chi connectivity index (χ0) is 13.3. The molecule has 0 saturated carbocycles. The summed E-state index contributed by atoms with van der Waals surface area (Å²) in [6.45, 7) is 1.77. The van der Waals surface area contributed by atoms with E-state index in [1.54, 1.807) is 20.0 Å². The fraction of sp³-hybridized carbons (Fsp3) is 0.222. The Morgan fingerprint density at radius 2 is 2.28 bits per heavy atom. The van der Waals surface area contributed by atoms with Gasteiger partial charge in [-0.1, -0.05) is 0 Å². The molecule has 0 bridgehead atoms. The Morgan fingerprint density at radius 1 is 1.56 bits per heavy atom. The molecule has 0 aliphatic heterocycles. The van der Waals surface area contributed by atoms with Crippen molar-refractivity contribution >= 4 is 17.3 Å². The zero-order valence-corrected chi connectivity index (χ0v) is 10.2. The van der Waals surface area contributed by atoms with Gasteiger partial charge in [0.1, 0.15) is 6.20 Å². The van der Waals surface area contributed by atoms with Crippen molar-refractivity contribution in [1.82, 2.24) is 19.7 Å². The molecule has 2 aromatic rings. The molecule has 0 atom stereocenters. The average Bonchev–Trinajstić information content (AvgIpc) is 2.57. The minimum atomic E-state index is -0.644. The first-order chi connectivity index (χ1) is 8.47. The van der Waals surface area contributed by atoms with Crippen molar-refractivity contribution < 1.29 is 9.66 Å². The molecular formula is C9H8ClN5O3. The molecule has 9 heteroatoms. The molecule has 8 nitrogen and oxygen atoms in total. The summed E-state index contributed by atoms with van der Waals surface area (Å²) >= 11 is 5.59. The summed E-state index contributed by atoms with van der Waals surface area (Å²) < 4.78 is 6.77. The molecule has 0 aliphatic carbocycles. The maximum atomic E-state index is 10.8. The second-order valence-electron chi connectivity index (χ2n) is 3.44. The van der Waals surface area contributed by atoms with Crippen LogP contribution in [0.25, 0.3) is 0 Å². The van der Waals surface area contributed by atoms with Crippen molar-refractivity contribution in [3.05, 3.63) is 33.4 Å². The van der Waals surface area contributed by atoms with E-state index in [-0.39, 0.29) is 16.9 Å². The van der Waals surface area contributed by atoms with Crippen LogP contribution < -0.4 is 4.74 Å². The van der Waals surface area contributed by atoms with Gasteiger partial charge >= 0.3 is 11.6 Å². The van der Waals surface area contributed by atoms with E-state index < -0.39 is 4.92 Å². The molecule has 18 heavy (non-hydrogen) atoms. The van der Waals surface area contributed by atoms with E-state index in [1.165, 1.54) is 4.68 Å². The molecule has 2 heterocycles. The molecule has 0 saturated heterocycles. The number of hydrogen-bond donors (Lipinski definition) is 0. The molecule has 0 radical (unpaired) electrons. The van der Waals surface area contributed by atoms with E-state index >= 15 is 0 Å². The SMILES string of the molecule is Cc1cc(Oc2nc(Cl)ncc2[N+](=O)[O-])n(C)n1. The Hall–Kier alpha value is -2.22. The number of aromatic nitrogens is 4. The molecule has 0 unspecified atom stereocenters. The summed E-state index contributed by atoms with van der Waals surface area (Å²) in [7, 11) is 1.65. The number of aryl methyl sites for hydroxylation is 2. The van der Waals surface area contributed by atoms with Crippen molar-refractivity contribution in [3.8, 4) is 11.8 Å². The van der Waals surface area contributed by atoms with Gasteiger partial charge < -0.3 is 4.74 Å². The van der Waals surface area contributed by atoms with E-state index in [9.17, 15) is 10.1 Å². The van der Waals surface area contributed by atoms with Crippen LogP contribution in [0.5, 0.6) is 11.8 Å². The van der Waals surface area contributed by atoms with E-state index in [4.69, 9.17) is 16.3 Å². The molecular weight excluding hydrogens is 262 g/mol. The Balaban J connectivity index is 2.42. The summed E-state index contributed by atoms with van der Waals surface area (Å²) in [5.41, 5.74) is 0.355. The second kappa shape index (κ2) is 4.57. The Kier molecular flexibility index (Phi) is 3.11. The van der Waals surface area contributed by atoms with E-state index in [0.29, 0.717) is 5.88 Å². The third-order valence-electron chi connectivity index (χ3n) is 2.06. The van der Waals surface area contributed by atoms with Gasteiger partial charge in [-0.25, -0.2) is 9.67 Å². The number of halogens is 1. The fourth-order valence-electron chi connectivity index (χ4n) is 1.32. The summed E-state index contributed by atoms with van der Waals surface area (Å²) in [6, 6.07) is 1.62. The number of ether oxygens (including phenoxy) is 1. The Labute approximate surface area is 106 Å². The van der Waals surface area contributed by atoms with Gasteiger partial charge in [-0.05, 0) is 18.5 Å². The molecule has 0 N–H and O–H groups in total. The quantitative estimate of drug-likeness (QED) is 0.479. The minimum Gasteiger partial charge on any atom is -0.415 e. The van der Waals surface area contributed by atoms with Crippen LogP contribution in [-0.2, 0) is 7.05 Å². The van der Waals surface area contributed by atoms with Crippen LogP contribution in [0.15, 0.2) is 12.3 Å². The lowest BCUT2D eigenvalue weighted by atomic mass is 10.5. The van der Waals surface area contributed by atoms with E-state index in [0.717, 1.165) is 11.9 Å². The number of nitrogens with zero attached hydrogens (tertiary/aromatic N) is 5. The van der Waals surface area contributed by atoms with Crippen molar-refractivity contribution in [1.29, 1.82) is 0 Å². The highest BCUT2D eigenvalue weighted by molar-refractivity contribution is 6.28. The van der Waals surface area contributed by atoms with Gasteiger partial charge in [-0.15, -0.1) is 0 Å². The van der Waals surface area contributed by atoms with Crippen molar-refractivity contribution in [2.45, 2.75) is 6.92 Å². The first kappa shape index (κ1) is 12.2. The van der Waals surface area contributed by atoms with Crippen LogP contribution in [0, 0.1) is 17.0 Å². The first-order valence-electron chi connectivity index (χ1n) is 4.83. The van der Waals surface area contributed by atoms with Crippen LogP contribution in [0.4, 0.5) is 5.69 Å². The summed E-state index contributed by atoms with van der Waals surface area (Å²) in [6.07, 6.45) is 0.994. The highest BCUT2D eigenvalue weighted by atomic mass is 35.5. The van der Waals surface area contributed by atoms with Crippen LogP contribution >= 0.6 is 11.6 Å². The zero-order valence-electron chi connectivity index (χ0n) is 9.49. The topological polar surface area (TPSA) is 96.0 Å². The summed E-state index contributed by atoms with van der Waals surface area (Å²) in [4.78, 5) is 17.4. The maximum absolute atomic E-state index is 10.8.